The molecule has 1 aliphatic rings. The zero-order chi connectivity index (χ0) is 11.3. The van der Waals surface area contributed by atoms with Crippen LogP contribution < -0.4 is 5.73 Å². The molecule has 2 aromatic carbocycles. The molecule has 16 heavy (non-hydrogen) atoms. The van der Waals surface area contributed by atoms with Gasteiger partial charge in [0.05, 0.1) is 0 Å². The number of nitrogen functional groups attached to an aromatic ring is 1. The van der Waals surface area contributed by atoms with Gasteiger partial charge in [-0.1, -0.05) is 50.2 Å². The van der Waals surface area contributed by atoms with Crippen LogP contribution in [0.3, 0.4) is 0 Å². The molecule has 0 aliphatic heterocycles. The number of fused-ring (bicyclic) bond motifs is 1. The lowest BCUT2D eigenvalue weighted by atomic mass is 9.97. The molecule has 1 nitrogen and oxygen atoms in total. The normalized spacial score (nSPS) is 22.2. The summed E-state index contributed by atoms with van der Waals surface area (Å²) in [5.74, 6) is 0.650. The monoisotopic (exact) mass is 211 g/mol. The van der Waals surface area contributed by atoms with Gasteiger partial charge in [0.1, 0.15) is 0 Å². The summed E-state index contributed by atoms with van der Waals surface area (Å²) >= 11 is 0. The fraction of sp³-hybridized carbons (Fsp3) is 0.333. The van der Waals surface area contributed by atoms with Crippen molar-refractivity contribution in [3.05, 3.63) is 42.0 Å². The Bertz CT molecular complexity index is 554. The number of rotatable bonds is 1. The average molecular weight is 211 g/mol. The molecule has 1 fully saturated rings. The van der Waals surface area contributed by atoms with Crippen molar-refractivity contribution in [2.45, 2.75) is 26.2 Å². The van der Waals surface area contributed by atoms with Crippen LogP contribution in [0.4, 0.5) is 5.69 Å². The quantitative estimate of drug-likeness (QED) is 0.710. The summed E-state index contributed by atoms with van der Waals surface area (Å²) in [5.41, 5.74) is 9.04. The highest BCUT2D eigenvalue weighted by molar-refractivity contribution is 5.94. The minimum absolute atomic E-state index is 0.441. The van der Waals surface area contributed by atoms with E-state index in [2.05, 4.69) is 50.2 Å². The largest absolute Gasteiger partial charge is 0.398 e. The molecule has 0 radical (unpaired) electrons. The summed E-state index contributed by atoms with van der Waals surface area (Å²) in [6.45, 7) is 4.62. The molecule has 2 N–H and O–H groups in total. The van der Waals surface area contributed by atoms with Crippen molar-refractivity contribution in [2.75, 3.05) is 5.73 Å². The first-order valence-corrected chi connectivity index (χ1v) is 5.87. The molecule has 3 rings (SSSR count). The van der Waals surface area contributed by atoms with Gasteiger partial charge in [-0.15, -0.1) is 0 Å². The van der Waals surface area contributed by atoms with E-state index in [1.807, 2.05) is 0 Å². The van der Waals surface area contributed by atoms with Crippen molar-refractivity contribution in [1.29, 1.82) is 0 Å². The predicted molar refractivity (Wildman–Crippen MR) is 69.5 cm³/mol. The third-order valence-corrected chi connectivity index (χ3v) is 3.89. The van der Waals surface area contributed by atoms with Crippen LogP contribution in [-0.2, 0) is 0 Å². The highest BCUT2D eigenvalue weighted by atomic mass is 14.6. The van der Waals surface area contributed by atoms with E-state index < -0.39 is 0 Å². The standard InChI is InChI=1S/C15H17N/c1-15(2)9-13(15)12-8-7-10-5-3-4-6-11(10)14(12)16/h3-8,13H,9,16H2,1-2H3. The molecule has 0 heterocycles. The molecule has 1 atom stereocenters. The van der Waals surface area contributed by atoms with Gasteiger partial charge in [-0.2, -0.15) is 0 Å². The maximum Gasteiger partial charge on any atom is 0.0429 e. The van der Waals surface area contributed by atoms with Gasteiger partial charge in [0.25, 0.3) is 0 Å². The van der Waals surface area contributed by atoms with Gasteiger partial charge in [-0.3, -0.25) is 0 Å². The van der Waals surface area contributed by atoms with Gasteiger partial charge < -0.3 is 5.73 Å². The fourth-order valence-electron chi connectivity index (χ4n) is 2.61. The van der Waals surface area contributed by atoms with Crippen molar-refractivity contribution in [1.82, 2.24) is 0 Å². The molecular weight excluding hydrogens is 194 g/mol. The Hall–Kier alpha value is -1.50. The molecular formula is C15H17N. The molecule has 2 aromatic rings. The minimum atomic E-state index is 0.441. The van der Waals surface area contributed by atoms with Gasteiger partial charge in [0.15, 0.2) is 0 Å². The number of anilines is 1. The summed E-state index contributed by atoms with van der Waals surface area (Å²) in [5, 5.41) is 2.44. The van der Waals surface area contributed by atoms with Crippen LogP contribution in [0.2, 0.25) is 0 Å². The summed E-state index contributed by atoms with van der Waals surface area (Å²) in [6, 6.07) is 12.7. The van der Waals surface area contributed by atoms with Crippen LogP contribution >= 0.6 is 0 Å². The summed E-state index contributed by atoms with van der Waals surface area (Å²) in [6.07, 6.45) is 1.26. The molecule has 1 unspecified atom stereocenters. The van der Waals surface area contributed by atoms with E-state index in [0.717, 1.165) is 5.69 Å². The second-order valence-electron chi connectivity index (χ2n) is 5.53. The van der Waals surface area contributed by atoms with Crippen molar-refractivity contribution < 1.29 is 0 Å². The lowest BCUT2D eigenvalue weighted by Gasteiger charge is -2.10. The maximum absolute atomic E-state index is 6.28. The smallest absolute Gasteiger partial charge is 0.0429 e. The van der Waals surface area contributed by atoms with E-state index in [0.29, 0.717) is 11.3 Å². The van der Waals surface area contributed by atoms with E-state index in [1.54, 1.807) is 0 Å². The van der Waals surface area contributed by atoms with E-state index in [-0.39, 0.29) is 0 Å². The predicted octanol–water partition coefficient (Wildman–Crippen LogP) is 3.94. The lowest BCUT2D eigenvalue weighted by molar-refractivity contribution is 0.622. The lowest BCUT2D eigenvalue weighted by Crippen LogP contribution is -1.97. The highest BCUT2D eigenvalue weighted by Crippen LogP contribution is 2.60. The Morgan fingerprint density at radius 2 is 1.81 bits per heavy atom. The highest BCUT2D eigenvalue weighted by Gasteiger charge is 2.47. The average Bonchev–Trinajstić information content (AvgIpc) is 2.88. The molecule has 0 bridgehead atoms. The molecule has 1 saturated carbocycles. The minimum Gasteiger partial charge on any atom is -0.398 e. The summed E-state index contributed by atoms with van der Waals surface area (Å²) in [4.78, 5) is 0. The van der Waals surface area contributed by atoms with Crippen LogP contribution in [-0.4, -0.2) is 0 Å². The van der Waals surface area contributed by atoms with E-state index in [4.69, 9.17) is 5.73 Å². The first-order chi connectivity index (χ1) is 7.59. The van der Waals surface area contributed by atoms with Crippen molar-refractivity contribution in [3.8, 4) is 0 Å². The Labute approximate surface area is 96.3 Å². The van der Waals surface area contributed by atoms with Crippen LogP contribution in [0.1, 0.15) is 31.7 Å². The Morgan fingerprint density at radius 1 is 1.12 bits per heavy atom. The first-order valence-electron chi connectivity index (χ1n) is 5.87. The molecule has 1 aliphatic carbocycles. The third kappa shape index (κ3) is 1.31. The Kier molecular flexibility index (Phi) is 1.82. The number of hydrogen-bond donors (Lipinski definition) is 1. The zero-order valence-electron chi connectivity index (χ0n) is 9.83. The van der Waals surface area contributed by atoms with Gasteiger partial charge in [-0.25, -0.2) is 0 Å². The SMILES string of the molecule is CC1(C)CC1c1ccc2ccccc2c1N. The van der Waals surface area contributed by atoms with E-state index >= 15 is 0 Å². The van der Waals surface area contributed by atoms with Gasteiger partial charge >= 0.3 is 0 Å². The molecule has 82 valence electrons. The third-order valence-electron chi connectivity index (χ3n) is 3.89. The molecule has 0 spiro atoms. The van der Waals surface area contributed by atoms with Gasteiger partial charge in [0, 0.05) is 11.1 Å². The molecule has 1 heteroatoms. The fourth-order valence-corrected chi connectivity index (χ4v) is 2.61. The Morgan fingerprint density at radius 3 is 2.50 bits per heavy atom. The summed E-state index contributed by atoms with van der Waals surface area (Å²) < 4.78 is 0. The molecule has 0 amide bonds. The van der Waals surface area contributed by atoms with Gasteiger partial charge in [-0.05, 0) is 28.7 Å². The van der Waals surface area contributed by atoms with E-state index in [1.165, 1.54) is 22.8 Å². The van der Waals surface area contributed by atoms with Crippen LogP contribution in [0.15, 0.2) is 36.4 Å². The zero-order valence-corrected chi connectivity index (χ0v) is 9.83. The van der Waals surface area contributed by atoms with Crippen molar-refractivity contribution in [2.24, 2.45) is 5.41 Å². The van der Waals surface area contributed by atoms with Crippen molar-refractivity contribution in [3.63, 3.8) is 0 Å². The topological polar surface area (TPSA) is 26.0 Å². The van der Waals surface area contributed by atoms with Crippen LogP contribution in [0.25, 0.3) is 10.8 Å². The number of hydrogen-bond acceptors (Lipinski definition) is 1. The molecule has 0 saturated heterocycles. The number of nitrogens with two attached hydrogens (primary N) is 1. The Balaban J connectivity index is 2.18. The van der Waals surface area contributed by atoms with Crippen molar-refractivity contribution >= 4 is 16.5 Å². The van der Waals surface area contributed by atoms with Crippen LogP contribution in [0.5, 0.6) is 0 Å². The number of benzene rings is 2. The second-order valence-corrected chi connectivity index (χ2v) is 5.53. The van der Waals surface area contributed by atoms with E-state index in [9.17, 15) is 0 Å². The maximum atomic E-state index is 6.28. The molecule has 0 aromatic heterocycles. The second kappa shape index (κ2) is 3.00. The first kappa shape index (κ1) is 9.71. The van der Waals surface area contributed by atoms with Gasteiger partial charge in [0.2, 0.25) is 0 Å². The van der Waals surface area contributed by atoms with Crippen LogP contribution in [0, 0.1) is 5.41 Å². The summed E-state index contributed by atoms with van der Waals surface area (Å²) in [7, 11) is 0.